The van der Waals surface area contributed by atoms with Gasteiger partial charge in [-0.25, -0.2) is 0 Å². The van der Waals surface area contributed by atoms with Crippen LogP contribution in [0.1, 0.15) is 57.8 Å². The van der Waals surface area contributed by atoms with E-state index in [-0.39, 0.29) is 5.60 Å². The molecule has 0 aromatic heterocycles. The van der Waals surface area contributed by atoms with Gasteiger partial charge in [0, 0.05) is 0 Å². The van der Waals surface area contributed by atoms with Gasteiger partial charge in [-0.2, -0.15) is 0 Å². The van der Waals surface area contributed by atoms with Crippen molar-refractivity contribution in [2.24, 2.45) is 0 Å². The highest BCUT2D eigenvalue weighted by Crippen LogP contribution is 2.39. The van der Waals surface area contributed by atoms with E-state index in [2.05, 4.69) is 6.08 Å². The second kappa shape index (κ2) is 5.11. The Morgan fingerprint density at radius 1 is 1.12 bits per heavy atom. The lowest BCUT2D eigenvalue weighted by Gasteiger charge is -2.22. The first-order valence-electron chi connectivity index (χ1n) is 7.33. The van der Waals surface area contributed by atoms with Crippen LogP contribution in [0.25, 0.3) is 0 Å². The highest BCUT2D eigenvalue weighted by Gasteiger charge is 2.36. The molecule has 0 aromatic rings. The van der Waals surface area contributed by atoms with Gasteiger partial charge in [-0.15, -0.1) is 0 Å². The van der Waals surface area contributed by atoms with Gasteiger partial charge in [0.25, 0.3) is 0 Å². The summed E-state index contributed by atoms with van der Waals surface area (Å²) in [5.41, 5.74) is 1.50. The monoisotopic (exact) mass is 236 g/mol. The van der Waals surface area contributed by atoms with E-state index in [0.29, 0.717) is 6.10 Å². The Balaban J connectivity index is 1.49. The molecule has 17 heavy (non-hydrogen) atoms. The van der Waals surface area contributed by atoms with Crippen LogP contribution in [0.4, 0.5) is 0 Å². The average Bonchev–Trinajstić information content (AvgIpc) is 2.99. The number of hydrogen-bond donors (Lipinski definition) is 0. The standard InChI is InChI=1S/C15H24O2/c1-2-6-14(7-3-1)16-11-13-10-15(17-12-13)8-4-5-9-15/h10,14H,1-9,11-12H2. The average molecular weight is 236 g/mol. The van der Waals surface area contributed by atoms with Crippen LogP contribution in [0, 0.1) is 0 Å². The fraction of sp³-hybridized carbons (Fsp3) is 0.867. The zero-order valence-corrected chi connectivity index (χ0v) is 10.7. The Hall–Kier alpha value is -0.340. The fourth-order valence-electron chi connectivity index (χ4n) is 3.49. The zero-order chi connectivity index (χ0) is 11.6. The van der Waals surface area contributed by atoms with E-state index in [1.807, 2.05) is 0 Å². The van der Waals surface area contributed by atoms with Gasteiger partial charge in [-0.05, 0) is 37.3 Å². The van der Waals surface area contributed by atoms with Crippen LogP contribution in [-0.4, -0.2) is 24.9 Å². The summed E-state index contributed by atoms with van der Waals surface area (Å²) in [6, 6.07) is 0. The first kappa shape index (κ1) is 11.7. The second-order valence-corrected chi connectivity index (χ2v) is 5.93. The lowest BCUT2D eigenvalue weighted by atomic mass is 9.97. The van der Waals surface area contributed by atoms with E-state index in [9.17, 15) is 0 Å². The first-order valence-corrected chi connectivity index (χ1v) is 7.33. The van der Waals surface area contributed by atoms with Gasteiger partial charge in [-0.1, -0.05) is 32.1 Å². The summed E-state index contributed by atoms with van der Waals surface area (Å²) in [5.74, 6) is 0. The normalized spacial score (nSPS) is 28.8. The molecule has 2 nitrogen and oxygen atoms in total. The van der Waals surface area contributed by atoms with Crippen LogP contribution in [0.15, 0.2) is 11.6 Å². The maximum absolute atomic E-state index is 6.02. The minimum Gasteiger partial charge on any atom is -0.374 e. The third kappa shape index (κ3) is 2.74. The topological polar surface area (TPSA) is 18.5 Å². The molecule has 3 aliphatic rings. The molecule has 2 aliphatic carbocycles. The van der Waals surface area contributed by atoms with Crippen molar-refractivity contribution in [1.29, 1.82) is 0 Å². The predicted molar refractivity (Wildman–Crippen MR) is 68.1 cm³/mol. The van der Waals surface area contributed by atoms with Crippen molar-refractivity contribution in [3.63, 3.8) is 0 Å². The van der Waals surface area contributed by atoms with Crippen molar-refractivity contribution in [1.82, 2.24) is 0 Å². The molecule has 0 N–H and O–H groups in total. The SMILES string of the molecule is C1=C(COC2CCCCC2)COC12CCCC2. The molecule has 1 spiro atoms. The molecule has 1 aliphatic heterocycles. The number of ether oxygens (including phenoxy) is 2. The van der Waals surface area contributed by atoms with Gasteiger partial charge in [-0.3, -0.25) is 0 Å². The largest absolute Gasteiger partial charge is 0.374 e. The highest BCUT2D eigenvalue weighted by molar-refractivity contribution is 5.19. The van der Waals surface area contributed by atoms with Gasteiger partial charge < -0.3 is 9.47 Å². The van der Waals surface area contributed by atoms with E-state index < -0.39 is 0 Å². The molecule has 96 valence electrons. The lowest BCUT2D eigenvalue weighted by Crippen LogP contribution is -2.21. The molecule has 2 saturated carbocycles. The molecular weight excluding hydrogens is 212 g/mol. The van der Waals surface area contributed by atoms with Crippen LogP contribution < -0.4 is 0 Å². The minimum atomic E-state index is 0.116. The summed E-state index contributed by atoms with van der Waals surface area (Å²) >= 11 is 0. The predicted octanol–water partition coefficient (Wildman–Crippen LogP) is 3.61. The van der Waals surface area contributed by atoms with Crippen molar-refractivity contribution < 1.29 is 9.47 Å². The molecule has 0 aromatic carbocycles. The Bertz CT molecular complexity index is 283. The molecule has 2 heteroatoms. The molecular formula is C15H24O2. The van der Waals surface area contributed by atoms with Crippen LogP contribution in [0.2, 0.25) is 0 Å². The molecule has 0 bridgehead atoms. The third-order valence-electron chi connectivity index (χ3n) is 4.52. The molecule has 1 heterocycles. The maximum Gasteiger partial charge on any atom is 0.0871 e. The summed E-state index contributed by atoms with van der Waals surface area (Å²) in [5, 5.41) is 0. The molecule has 0 radical (unpaired) electrons. The van der Waals surface area contributed by atoms with Gasteiger partial charge in [0.05, 0.1) is 24.9 Å². The zero-order valence-electron chi connectivity index (χ0n) is 10.7. The molecule has 0 amide bonds. The van der Waals surface area contributed by atoms with E-state index in [0.717, 1.165) is 13.2 Å². The van der Waals surface area contributed by atoms with Crippen molar-refractivity contribution in [3.05, 3.63) is 11.6 Å². The maximum atomic E-state index is 6.02. The molecule has 2 fully saturated rings. The van der Waals surface area contributed by atoms with Crippen molar-refractivity contribution in [2.75, 3.05) is 13.2 Å². The van der Waals surface area contributed by atoms with Crippen LogP contribution in [-0.2, 0) is 9.47 Å². The van der Waals surface area contributed by atoms with Crippen LogP contribution >= 0.6 is 0 Å². The highest BCUT2D eigenvalue weighted by atomic mass is 16.5. The van der Waals surface area contributed by atoms with Gasteiger partial charge in [0.2, 0.25) is 0 Å². The minimum absolute atomic E-state index is 0.116. The lowest BCUT2D eigenvalue weighted by molar-refractivity contribution is 0.0183. The Kier molecular flexibility index (Phi) is 3.53. The summed E-state index contributed by atoms with van der Waals surface area (Å²) in [7, 11) is 0. The van der Waals surface area contributed by atoms with E-state index in [1.165, 1.54) is 63.4 Å². The number of hydrogen-bond acceptors (Lipinski definition) is 2. The number of rotatable bonds is 3. The van der Waals surface area contributed by atoms with E-state index in [1.54, 1.807) is 0 Å². The third-order valence-corrected chi connectivity index (χ3v) is 4.52. The van der Waals surface area contributed by atoms with Crippen molar-refractivity contribution >= 4 is 0 Å². The summed E-state index contributed by atoms with van der Waals surface area (Å²) in [6.07, 6.45) is 14.6. The van der Waals surface area contributed by atoms with Crippen LogP contribution in [0.3, 0.4) is 0 Å². The molecule has 0 atom stereocenters. The van der Waals surface area contributed by atoms with E-state index in [4.69, 9.17) is 9.47 Å². The van der Waals surface area contributed by atoms with E-state index >= 15 is 0 Å². The second-order valence-electron chi connectivity index (χ2n) is 5.93. The summed E-state index contributed by atoms with van der Waals surface area (Å²) in [4.78, 5) is 0. The Morgan fingerprint density at radius 2 is 1.88 bits per heavy atom. The summed E-state index contributed by atoms with van der Waals surface area (Å²) in [6.45, 7) is 1.62. The van der Waals surface area contributed by atoms with Crippen molar-refractivity contribution in [2.45, 2.75) is 69.5 Å². The molecule has 3 rings (SSSR count). The Morgan fingerprint density at radius 3 is 2.65 bits per heavy atom. The van der Waals surface area contributed by atoms with Gasteiger partial charge in [0.1, 0.15) is 0 Å². The fourth-order valence-corrected chi connectivity index (χ4v) is 3.49. The first-order chi connectivity index (χ1) is 8.36. The molecule has 0 unspecified atom stereocenters. The van der Waals surface area contributed by atoms with Crippen LogP contribution in [0.5, 0.6) is 0 Å². The Labute approximate surface area is 104 Å². The van der Waals surface area contributed by atoms with Gasteiger partial charge in [0.15, 0.2) is 0 Å². The quantitative estimate of drug-likeness (QED) is 0.697. The summed E-state index contributed by atoms with van der Waals surface area (Å²) < 4.78 is 12.0. The van der Waals surface area contributed by atoms with Gasteiger partial charge >= 0.3 is 0 Å². The van der Waals surface area contributed by atoms with Crippen molar-refractivity contribution in [3.8, 4) is 0 Å². The molecule has 0 saturated heterocycles. The smallest absolute Gasteiger partial charge is 0.0871 e.